The van der Waals surface area contributed by atoms with Gasteiger partial charge in [0.15, 0.2) is 11.6 Å². The van der Waals surface area contributed by atoms with Gasteiger partial charge in [-0.25, -0.2) is 9.18 Å². The molecule has 0 radical (unpaired) electrons. The summed E-state index contributed by atoms with van der Waals surface area (Å²) in [5, 5.41) is -0.492. The fourth-order valence-electron chi connectivity index (χ4n) is 2.39. The van der Waals surface area contributed by atoms with Crippen LogP contribution in [0, 0.1) is 5.82 Å². The highest BCUT2D eigenvalue weighted by atomic mass is 35.5. The summed E-state index contributed by atoms with van der Waals surface area (Å²) >= 11 is 5.55. The zero-order chi connectivity index (χ0) is 21.9. The first-order valence-corrected chi connectivity index (χ1v) is 8.64. The lowest BCUT2D eigenvalue weighted by Gasteiger charge is -2.13. The van der Waals surface area contributed by atoms with Gasteiger partial charge in [0.25, 0.3) is 0 Å². The number of hydrogen-bond acceptors (Lipinski definition) is 5. The number of aromatic amines is 1. The van der Waals surface area contributed by atoms with Crippen molar-refractivity contribution in [3.63, 3.8) is 0 Å². The fraction of sp³-hybridized carbons (Fsp3) is 0.158. The van der Waals surface area contributed by atoms with E-state index in [4.69, 9.17) is 25.8 Å². The van der Waals surface area contributed by atoms with E-state index in [1.165, 1.54) is 31.4 Å². The third-order valence-corrected chi connectivity index (χ3v) is 4.10. The van der Waals surface area contributed by atoms with Gasteiger partial charge in [0.2, 0.25) is 11.8 Å². The predicted octanol–water partition coefficient (Wildman–Crippen LogP) is 4.96. The molecule has 1 heterocycles. The Bertz CT molecular complexity index is 1120. The molecule has 0 saturated heterocycles. The monoisotopic (exact) mass is 444 g/mol. The number of alkyl halides is 3. The fourth-order valence-corrected chi connectivity index (χ4v) is 2.61. The minimum absolute atomic E-state index is 0.0462. The molecule has 0 aliphatic heterocycles. The second-order valence-electron chi connectivity index (χ2n) is 5.89. The Hall–Kier alpha value is -3.27. The molecule has 30 heavy (non-hydrogen) atoms. The van der Waals surface area contributed by atoms with E-state index in [9.17, 15) is 22.4 Å². The summed E-state index contributed by atoms with van der Waals surface area (Å²) in [7, 11) is 1.33. The van der Waals surface area contributed by atoms with Gasteiger partial charge in [-0.15, -0.1) is 0 Å². The maximum absolute atomic E-state index is 14.3. The van der Waals surface area contributed by atoms with Gasteiger partial charge in [-0.1, -0.05) is 17.7 Å². The molecule has 2 aromatic carbocycles. The van der Waals surface area contributed by atoms with E-state index >= 15 is 0 Å². The average Bonchev–Trinajstić information content (AvgIpc) is 2.68. The van der Waals surface area contributed by atoms with Gasteiger partial charge in [0, 0.05) is 0 Å². The predicted molar refractivity (Wildman–Crippen MR) is 98.7 cm³/mol. The Balaban J connectivity index is 1.73. The summed E-state index contributed by atoms with van der Waals surface area (Å²) in [6.45, 7) is -0.112. The molecule has 0 atom stereocenters. The number of rotatable bonds is 6. The molecule has 0 unspecified atom stereocenters. The van der Waals surface area contributed by atoms with Crippen molar-refractivity contribution in [3.05, 3.63) is 74.9 Å². The molecule has 158 valence electrons. The molecule has 0 amide bonds. The van der Waals surface area contributed by atoms with Gasteiger partial charge in [0.05, 0.1) is 23.8 Å². The lowest BCUT2D eigenvalue weighted by atomic mass is 10.2. The van der Waals surface area contributed by atoms with E-state index in [0.717, 1.165) is 12.1 Å². The first kappa shape index (κ1) is 21.4. The van der Waals surface area contributed by atoms with Crippen molar-refractivity contribution in [2.24, 2.45) is 0 Å². The van der Waals surface area contributed by atoms with Gasteiger partial charge in [-0.05, 0) is 35.9 Å². The van der Waals surface area contributed by atoms with E-state index in [-0.39, 0.29) is 29.9 Å². The molecule has 3 rings (SSSR count). The molecular weight excluding hydrogens is 432 g/mol. The van der Waals surface area contributed by atoms with Crippen molar-refractivity contribution >= 4 is 11.6 Å². The lowest BCUT2D eigenvalue weighted by Crippen LogP contribution is -2.12. The average molecular weight is 445 g/mol. The van der Waals surface area contributed by atoms with E-state index in [2.05, 4.69) is 9.97 Å². The summed E-state index contributed by atoms with van der Waals surface area (Å²) in [6, 6.07) is 8.03. The van der Waals surface area contributed by atoms with E-state index < -0.39 is 28.3 Å². The Morgan fingerprint density at radius 3 is 2.57 bits per heavy atom. The molecule has 1 N–H and O–H groups in total. The van der Waals surface area contributed by atoms with Crippen LogP contribution in [0.3, 0.4) is 0 Å². The standard InChI is InChI=1S/C19H13ClF4N2O4/c1-28-16-8-17(26-18(27)25-16)29-9-10-2-5-15(14(21)6-10)30-11-3-4-13(20)12(7-11)19(22,23)24/h2-8H,9H2,1H3,(H,25,26,27). The number of halogens is 5. The van der Waals surface area contributed by atoms with Crippen LogP contribution < -0.4 is 19.9 Å². The van der Waals surface area contributed by atoms with Crippen LogP contribution >= 0.6 is 11.6 Å². The Kier molecular flexibility index (Phi) is 6.16. The van der Waals surface area contributed by atoms with Crippen LogP contribution in [0.4, 0.5) is 17.6 Å². The zero-order valence-corrected chi connectivity index (χ0v) is 16.0. The van der Waals surface area contributed by atoms with Crippen molar-refractivity contribution in [2.45, 2.75) is 12.8 Å². The van der Waals surface area contributed by atoms with Crippen molar-refractivity contribution in [3.8, 4) is 23.3 Å². The number of nitrogens with zero attached hydrogens (tertiary/aromatic N) is 1. The van der Waals surface area contributed by atoms with Gasteiger partial charge in [0.1, 0.15) is 12.4 Å². The SMILES string of the molecule is COc1cc(OCc2ccc(Oc3ccc(Cl)c(C(F)(F)F)c3)c(F)c2)[nH]c(=O)n1. The van der Waals surface area contributed by atoms with Crippen LogP contribution in [0.15, 0.2) is 47.3 Å². The normalized spacial score (nSPS) is 11.3. The number of aromatic nitrogens is 2. The molecule has 0 aliphatic carbocycles. The molecule has 11 heteroatoms. The highest BCUT2D eigenvalue weighted by Crippen LogP contribution is 2.38. The Labute approximate surface area is 172 Å². The molecule has 0 spiro atoms. The van der Waals surface area contributed by atoms with Gasteiger partial charge < -0.3 is 14.2 Å². The number of nitrogens with one attached hydrogen (secondary N) is 1. The summed E-state index contributed by atoms with van der Waals surface area (Å²) in [4.78, 5) is 17.3. The van der Waals surface area contributed by atoms with Crippen LogP contribution in [0.5, 0.6) is 23.3 Å². The largest absolute Gasteiger partial charge is 0.481 e. The molecule has 6 nitrogen and oxygen atoms in total. The number of ether oxygens (including phenoxy) is 3. The molecule has 0 aliphatic rings. The molecule has 3 aromatic rings. The number of benzene rings is 2. The Morgan fingerprint density at radius 1 is 1.13 bits per heavy atom. The van der Waals surface area contributed by atoms with Crippen LogP contribution in [0.1, 0.15) is 11.1 Å². The third-order valence-electron chi connectivity index (χ3n) is 3.77. The number of H-pyrrole nitrogens is 1. The number of hydrogen-bond donors (Lipinski definition) is 1. The van der Waals surface area contributed by atoms with Gasteiger partial charge in [-0.3, -0.25) is 4.98 Å². The summed E-state index contributed by atoms with van der Waals surface area (Å²) in [6.07, 6.45) is -4.67. The summed E-state index contributed by atoms with van der Waals surface area (Å²) in [5.41, 5.74) is -1.39. The number of methoxy groups -OCH3 is 1. The second-order valence-corrected chi connectivity index (χ2v) is 6.30. The third kappa shape index (κ3) is 5.20. The highest BCUT2D eigenvalue weighted by molar-refractivity contribution is 6.31. The van der Waals surface area contributed by atoms with Crippen molar-refractivity contribution in [1.29, 1.82) is 0 Å². The quantitative estimate of drug-likeness (QED) is 0.544. The minimum Gasteiger partial charge on any atom is -0.481 e. The van der Waals surface area contributed by atoms with Crippen LogP contribution in [-0.2, 0) is 12.8 Å². The maximum atomic E-state index is 14.3. The Morgan fingerprint density at radius 2 is 1.90 bits per heavy atom. The van der Waals surface area contributed by atoms with E-state index in [1.54, 1.807) is 0 Å². The molecule has 0 fully saturated rings. The zero-order valence-electron chi connectivity index (χ0n) is 15.2. The topological polar surface area (TPSA) is 73.4 Å². The first-order valence-electron chi connectivity index (χ1n) is 8.27. The van der Waals surface area contributed by atoms with Crippen LogP contribution in [-0.4, -0.2) is 17.1 Å². The van der Waals surface area contributed by atoms with Crippen molar-refractivity contribution in [2.75, 3.05) is 7.11 Å². The minimum atomic E-state index is -4.67. The van der Waals surface area contributed by atoms with E-state index in [0.29, 0.717) is 11.6 Å². The second kappa shape index (κ2) is 8.62. The van der Waals surface area contributed by atoms with Gasteiger partial charge in [-0.2, -0.15) is 18.2 Å². The first-order chi connectivity index (χ1) is 14.2. The molecule has 0 bridgehead atoms. The van der Waals surface area contributed by atoms with Crippen molar-refractivity contribution < 1.29 is 31.8 Å². The summed E-state index contributed by atoms with van der Waals surface area (Å²) in [5.74, 6) is -1.22. The van der Waals surface area contributed by atoms with E-state index in [1.807, 2.05) is 0 Å². The smallest absolute Gasteiger partial charge is 0.417 e. The van der Waals surface area contributed by atoms with Crippen LogP contribution in [0.2, 0.25) is 5.02 Å². The maximum Gasteiger partial charge on any atom is 0.417 e. The summed E-state index contributed by atoms with van der Waals surface area (Å²) < 4.78 is 68.6. The van der Waals surface area contributed by atoms with Crippen LogP contribution in [0.25, 0.3) is 0 Å². The van der Waals surface area contributed by atoms with Crippen molar-refractivity contribution in [1.82, 2.24) is 9.97 Å². The molecule has 0 saturated carbocycles. The molecule has 1 aromatic heterocycles. The lowest BCUT2D eigenvalue weighted by molar-refractivity contribution is -0.137. The van der Waals surface area contributed by atoms with Gasteiger partial charge >= 0.3 is 11.9 Å². The highest BCUT2D eigenvalue weighted by Gasteiger charge is 2.33. The molecular formula is C19H13ClF4N2O4.